The van der Waals surface area contributed by atoms with Crippen LogP contribution < -0.4 is 0 Å². The van der Waals surface area contributed by atoms with Gasteiger partial charge in [0.25, 0.3) is 0 Å². The fourth-order valence-corrected chi connectivity index (χ4v) is 1.30. The van der Waals surface area contributed by atoms with E-state index in [0.717, 1.165) is 5.69 Å². The first-order chi connectivity index (χ1) is 8.54. The molecule has 0 aliphatic carbocycles. The van der Waals surface area contributed by atoms with E-state index in [0.29, 0.717) is 6.54 Å². The molecule has 18 heavy (non-hydrogen) atoms. The summed E-state index contributed by atoms with van der Waals surface area (Å²) in [5.74, 6) is -0.495. The predicted octanol–water partition coefficient (Wildman–Crippen LogP) is 0.455. The van der Waals surface area contributed by atoms with Gasteiger partial charge in [0, 0.05) is 32.9 Å². The highest BCUT2D eigenvalue weighted by atomic mass is 16.5. The van der Waals surface area contributed by atoms with Crippen molar-refractivity contribution < 1.29 is 14.3 Å². The van der Waals surface area contributed by atoms with Crippen molar-refractivity contribution in [2.75, 3.05) is 20.7 Å². The van der Waals surface area contributed by atoms with Crippen molar-refractivity contribution in [3.8, 4) is 0 Å². The molecule has 0 saturated heterocycles. The molecule has 1 amide bonds. The Labute approximate surface area is 106 Å². The molecule has 0 bridgehead atoms. The van der Waals surface area contributed by atoms with Gasteiger partial charge in [0.05, 0.1) is 19.2 Å². The topological polar surface area (TPSA) is 64.4 Å². The van der Waals surface area contributed by atoms with Gasteiger partial charge in [0.1, 0.15) is 0 Å². The zero-order chi connectivity index (χ0) is 13.5. The molecule has 1 heterocycles. The SMILES string of the molecule is COC(=O)CCN(C)C(=O)/C=C/c1ccnn1C. The van der Waals surface area contributed by atoms with Crippen molar-refractivity contribution in [3.63, 3.8) is 0 Å². The van der Waals surface area contributed by atoms with Crippen LogP contribution in [0.25, 0.3) is 6.08 Å². The van der Waals surface area contributed by atoms with Crippen molar-refractivity contribution in [3.05, 3.63) is 24.0 Å². The summed E-state index contributed by atoms with van der Waals surface area (Å²) < 4.78 is 6.17. The van der Waals surface area contributed by atoms with Crippen LogP contribution in [0.1, 0.15) is 12.1 Å². The third-order valence-electron chi connectivity index (χ3n) is 2.51. The number of nitrogens with zero attached hydrogens (tertiary/aromatic N) is 3. The largest absolute Gasteiger partial charge is 0.469 e. The molecule has 0 N–H and O–H groups in total. The van der Waals surface area contributed by atoms with E-state index in [4.69, 9.17) is 0 Å². The molecule has 0 unspecified atom stereocenters. The molecule has 0 fully saturated rings. The Morgan fingerprint density at radius 2 is 2.28 bits per heavy atom. The monoisotopic (exact) mass is 251 g/mol. The molecule has 0 radical (unpaired) electrons. The molecule has 0 aromatic carbocycles. The number of rotatable bonds is 5. The van der Waals surface area contributed by atoms with Crippen LogP contribution in [0.4, 0.5) is 0 Å². The van der Waals surface area contributed by atoms with E-state index in [9.17, 15) is 9.59 Å². The van der Waals surface area contributed by atoms with Crippen LogP contribution in [-0.4, -0.2) is 47.3 Å². The average molecular weight is 251 g/mol. The number of aryl methyl sites for hydroxylation is 1. The lowest BCUT2D eigenvalue weighted by molar-refractivity contribution is -0.141. The third kappa shape index (κ3) is 4.04. The molecule has 6 heteroatoms. The van der Waals surface area contributed by atoms with Gasteiger partial charge in [-0.3, -0.25) is 14.3 Å². The van der Waals surface area contributed by atoms with Gasteiger partial charge in [-0.15, -0.1) is 0 Å². The molecule has 1 rings (SSSR count). The summed E-state index contributed by atoms with van der Waals surface area (Å²) in [4.78, 5) is 24.1. The highest BCUT2D eigenvalue weighted by Gasteiger charge is 2.08. The first kappa shape index (κ1) is 14.0. The highest BCUT2D eigenvalue weighted by Crippen LogP contribution is 2.00. The van der Waals surface area contributed by atoms with Crippen LogP contribution >= 0.6 is 0 Å². The maximum Gasteiger partial charge on any atom is 0.307 e. The second kappa shape index (κ2) is 6.58. The van der Waals surface area contributed by atoms with Crippen molar-refractivity contribution in [1.82, 2.24) is 14.7 Å². The number of likely N-dealkylation sites (N-methyl/N-ethyl adjacent to an activating group) is 1. The second-order valence-corrected chi connectivity index (χ2v) is 3.80. The van der Waals surface area contributed by atoms with Gasteiger partial charge < -0.3 is 9.64 Å². The van der Waals surface area contributed by atoms with Gasteiger partial charge in [-0.05, 0) is 12.1 Å². The minimum absolute atomic E-state index is 0.167. The average Bonchev–Trinajstić information content (AvgIpc) is 2.78. The first-order valence-corrected chi connectivity index (χ1v) is 5.52. The van der Waals surface area contributed by atoms with Gasteiger partial charge in [-0.2, -0.15) is 5.10 Å². The molecule has 0 aliphatic heterocycles. The Bertz CT molecular complexity index is 451. The highest BCUT2D eigenvalue weighted by molar-refractivity contribution is 5.91. The second-order valence-electron chi connectivity index (χ2n) is 3.80. The van der Waals surface area contributed by atoms with Crippen LogP contribution in [0.5, 0.6) is 0 Å². The summed E-state index contributed by atoms with van der Waals surface area (Å²) in [6.45, 7) is 0.335. The lowest BCUT2D eigenvalue weighted by atomic mass is 10.3. The van der Waals surface area contributed by atoms with E-state index in [-0.39, 0.29) is 18.3 Å². The molecular weight excluding hydrogens is 234 g/mol. The summed E-state index contributed by atoms with van der Waals surface area (Å²) in [5.41, 5.74) is 0.838. The first-order valence-electron chi connectivity index (χ1n) is 5.52. The van der Waals surface area contributed by atoms with Crippen molar-refractivity contribution in [2.45, 2.75) is 6.42 Å². The van der Waals surface area contributed by atoms with Crippen LogP contribution in [0, 0.1) is 0 Å². The van der Waals surface area contributed by atoms with Crippen LogP contribution in [0.2, 0.25) is 0 Å². The normalized spacial score (nSPS) is 10.6. The number of hydrogen-bond acceptors (Lipinski definition) is 4. The lowest BCUT2D eigenvalue weighted by Gasteiger charge is -2.13. The standard InChI is InChI=1S/C12H17N3O3/c1-14(9-7-12(17)18-3)11(16)5-4-10-6-8-13-15(10)2/h4-6,8H,7,9H2,1-3H3/b5-4+. The van der Waals surface area contributed by atoms with Gasteiger partial charge in [-0.1, -0.05) is 0 Å². The molecular formula is C12H17N3O3. The number of amides is 1. The van der Waals surface area contributed by atoms with E-state index in [1.807, 2.05) is 0 Å². The summed E-state index contributed by atoms with van der Waals surface area (Å²) in [6.07, 6.45) is 4.99. The van der Waals surface area contributed by atoms with Gasteiger partial charge >= 0.3 is 5.97 Å². The van der Waals surface area contributed by atoms with Gasteiger partial charge in [0.2, 0.25) is 5.91 Å². The Balaban J connectivity index is 2.47. The maximum atomic E-state index is 11.7. The summed E-state index contributed by atoms with van der Waals surface area (Å²) in [5, 5.41) is 3.99. The van der Waals surface area contributed by atoms with Crippen molar-refractivity contribution in [1.29, 1.82) is 0 Å². The van der Waals surface area contributed by atoms with Gasteiger partial charge in [0.15, 0.2) is 0 Å². The molecule has 0 aliphatic rings. The van der Waals surface area contributed by atoms with Crippen molar-refractivity contribution >= 4 is 18.0 Å². The number of ether oxygens (including phenoxy) is 1. The fourth-order valence-electron chi connectivity index (χ4n) is 1.30. The Morgan fingerprint density at radius 3 is 2.83 bits per heavy atom. The summed E-state index contributed by atoms with van der Waals surface area (Å²) in [7, 11) is 4.76. The molecule has 0 atom stereocenters. The van der Waals surface area contributed by atoms with E-state index >= 15 is 0 Å². The summed E-state index contributed by atoms with van der Waals surface area (Å²) >= 11 is 0. The zero-order valence-corrected chi connectivity index (χ0v) is 10.8. The Kier molecular flexibility index (Phi) is 5.10. The van der Waals surface area contributed by atoms with E-state index in [2.05, 4.69) is 9.84 Å². The Hall–Kier alpha value is -2.11. The minimum atomic E-state index is -0.328. The number of esters is 1. The molecule has 0 saturated carbocycles. The van der Waals surface area contributed by atoms with Crippen LogP contribution in [0.15, 0.2) is 18.3 Å². The minimum Gasteiger partial charge on any atom is -0.469 e. The lowest BCUT2D eigenvalue weighted by Crippen LogP contribution is -2.27. The van der Waals surface area contributed by atoms with Crippen LogP contribution in [-0.2, 0) is 21.4 Å². The molecule has 1 aromatic heterocycles. The molecule has 98 valence electrons. The Morgan fingerprint density at radius 1 is 1.56 bits per heavy atom. The number of carbonyl (C=O) groups excluding carboxylic acids is 2. The molecule has 1 aromatic rings. The predicted molar refractivity (Wildman–Crippen MR) is 66.5 cm³/mol. The van der Waals surface area contributed by atoms with E-state index in [1.54, 1.807) is 37.1 Å². The maximum absolute atomic E-state index is 11.7. The number of hydrogen-bond donors (Lipinski definition) is 0. The number of methoxy groups -OCH3 is 1. The number of carbonyl (C=O) groups is 2. The van der Waals surface area contributed by atoms with Gasteiger partial charge in [-0.25, -0.2) is 0 Å². The fraction of sp³-hybridized carbons (Fsp3) is 0.417. The molecule has 6 nitrogen and oxygen atoms in total. The zero-order valence-electron chi connectivity index (χ0n) is 10.8. The van der Waals surface area contributed by atoms with E-state index < -0.39 is 0 Å². The molecule has 0 spiro atoms. The summed E-state index contributed by atoms with van der Waals surface area (Å²) in [6, 6.07) is 1.80. The van der Waals surface area contributed by atoms with Crippen LogP contribution in [0.3, 0.4) is 0 Å². The number of aromatic nitrogens is 2. The smallest absolute Gasteiger partial charge is 0.307 e. The third-order valence-corrected chi connectivity index (χ3v) is 2.51. The quantitative estimate of drug-likeness (QED) is 0.563. The van der Waals surface area contributed by atoms with E-state index in [1.165, 1.54) is 18.1 Å². The van der Waals surface area contributed by atoms with Crippen molar-refractivity contribution in [2.24, 2.45) is 7.05 Å².